The lowest BCUT2D eigenvalue weighted by Crippen LogP contribution is -2.49. The van der Waals surface area contributed by atoms with Crippen LogP contribution in [-0.4, -0.2) is 52.6 Å². The molecule has 2 aromatic heterocycles. The van der Waals surface area contributed by atoms with Crippen molar-refractivity contribution in [1.29, 1.82) is 5.26 Å². The van der Waals surface area contributed by atoms with E-state index >= 15 is 4.39 Å². The van der Waals surface area contributed by atoms with Crippen LogP contribution in [0, 0.1) is 11.3 Å². The molecule has 5 rings (SSSR count). The average Bonchev–Trinajstić information content (AvgIpc) is 3.49. The van der Waals surface area contributed by atoms with E-state index in [0.717, 1.165) is 18.3 Å². The molecule has 1 saturated heterocycles. The number of alkyl halides is 1. The fourth-order valence-corrected chi connectivity index (χ4v) is 6.34. The molecule has 0 saturated carbocycles. The minimum Gasteiger partial charge on any atom is -0.459 e. The molecule has 1 aliphatic rings. The number of hydrogen-bond donors (Lipinski definition) is 0. The molecule has 39 heavy (non-hydrogen) atoms. The number of halogens is 1. The van der Waals surface area contributed by atoms with Crippen LogP contribution in [0.4, 0.5) is 4.39 Å². The summed E-state index contributed by atoms with van der Waals surface area (Å²) in [4.78, 5) is 34.5. The third-order valence-electron chi connectivity index (χ3n) is 6.55. The summed E-state index contributed by atoms with van der Waals surface area (Å²) in [5.41, 5.74) is -3.93. The van der Waals surface area contributed by atoms with Crippen LogP contribution in [0.3, 0.4) is 0 Å². The smallest absolute Gasteiger partial charge is 0.338 e. The first kappa shape index (κ1) is 26.7. The highest BCUT2D eigenvalue weighted by atomic mass is 32.2. The van der Waals surface area contributed by atoms with Gasteiger partial charge in [0, 0.05) is 10.8 Å². The number of fused-ring (bicyclic) bond motifs is 1. The standard InChI is InChI=1S/C28H22FN3O5S2/c1-27(29)22(36-26(34)18-11-7-4-8-12-18)20(13-35-25(33)17-9-5-3-6-10-17)37-28(27,15-30)23-21-19(14-39-23)24(38-2)32-16-31-21/h3-12,14,16,20,22H,13H2,1-2H3/t20-,22-,27-,28+/m1/s1. The first-order chi connectivity index (χ1) is 18.8. The molecule has 0 N–H and O–H groups in total. The number of esters is 2. The SMILES string of the molecule is CSc1ncnc2c([C@]3(C#N)O[C@H](COC(=O)c4ccccc4)[C@@H](OC(=O)c4ccccc4)[C@@]3(C)F)scc12. The molecule has 0 unspecified atom stereocenters. The van der Waals surface area contributed by atoms with Gasteiger partial charge in [-0.3, -0.25) is 0 Å². The highest BCUT2D eigenvalue weighted by molar-refractivity contribution is 7.98. The van der Waals surface area contributed by atoms with Crippen molar-refractivity contribution in [2.24, 2.45) is 0 Å². The number of ether oxygens (including phenoxy) is 3. The Morgan fingerprint density at radius 2 is 1.74 bits per heavy atom. The van der Waals surface area contributed by atoms with E-state index in [4.69, 9.17) is 14.2 Å². The number of rotatable bonds is 7. The van der Waals surface area contributed by atoms with E-state index < -0.39 is 42.0 Å². The van der Waals surface area contributed by atoms with E-state index in [-0.39, 0.29) is 16.0 Å². The normalized spacial score (nSPS) is 24.3. The molecule has 0 aliphatic carbocycles. The van der Waals surface area contributed by atoms with Gasteiger partial charge in [0.25, 0.3) is 0 Å². The Labute approximate surface area is 231 Å². The molecule has 1 fully saturated rings. The van der Waals surface area contributed by atoms with Gasteiger partial charge in [0.1, 0.15) is 30.1 Å². The highest BCUT2D eigenvalue weighted by Gasteiger charge is 2.69. The predicted molar refractivity (Wildman–Crippen MR) is 143 cm³/mol. The molecule has 0 bridgehead atoms. The summed E-state index contributed by atoms with van der Waals surface area (Å²) < 4.78 is 34.3. The largest absolute Gasteiger partial charge is 0.459 e. The zero-order valence-corrected chi connectivity index (χ0v) is 22.5. The molecule has 2 aromatic carbocycles. The zero-order chi connectivity index (χ0) is 27.6. The Morgan fingerprint density at radius 3 is 2.36 bits per heavy atom. The average molecular weight is 564 g/mol. The van der Waals surface area contributed by atoms with Crippen molar-refractivity contribution in [2.45, 2.75) is 35.4 Å². The number of thiophene rings is 1. The number of nitriles is 1. The molecule has 4 atom stereocenters. The molecule has 3 heterocycles. The van der Waals surface area contributed by atoms with Gasteiger partial charge in [0.15, 0.2) is 11.8 Å². The summed E-state index contributed by atoms with van der Waals surface area (Å²) in [6, 6.07) is 18.4. The second kappa shape index (κ2) is 10.7. The number of thioether (sulfide) groups is 1. The second-order valence-electron chi connectivity index (χ2n) is 8.89. The third-order valence-corrected chi connectivity index (χ3v) is 8.33. The molecule has 11 heteroatoms. The van der Waals surface area contributed by atoms with E-state index in [1.807, 2.05) is 12.3 Å². The third kappa shape index (κ3) is 4.65. The number of aromatic nitrogens is 2. The molecule has 0 spiro atoms. The summed E-state index contributed by atoms with van der Waals surface area (Å²) in [7, 11) is 0. The summed E-state index contributed by atoms with van der Waals surface area (Å²) in [6.07, 6.45) is 0.304. The minimum absolute atomic E-state index is 0.196. The van der Waals surface area contributed by atoms with E-state index in [1.54, 1.807) is 53.9 Å². The second-order valence-corrected chi connectivity index (χ2v) is 10.6. The molecule has 0 radical (unpaired) electrons. The van der Waals surface area contributed by atoms with E-state index in [1.165, 1.54) is 30.2 Å². The van der Waals surface area contributed by atoms with Gasteiger partial charge < -0.3 is 14.2 Å². The van der Waals surface area contributed by atoms with Crippen LogP contribution in [0.15, 0.2) is 77.4 Å². The Kier molecular flexibility index (Phi) is 7.36. The van der Waals surface area contributed by atoms with Gasteiger partial charge in [-0.2, -0.15) is 5.26 Å². The summed E-state index contributed by atoms with van der Waals surface area (Å²) >= 11 is 2.49. The van der Waals surface area contributed by atoms with Crippen molar-refractivity contribution in [1.82, 2.24) is 9.97 Å². The van der Waals surface area contributed by atoms with Gasteiger partial charge in [-0.25, -0.2) is 23.9 Å². The lowest BCUT2D eigenvalue weighted by atomic mass is 9.82. The lowest BCUT2D eigenvalue weighted by molar-refractivity contribution is -0.0688. The monoisotopic (exact) mass is 563 g/mol. The van der Waals surface area contributed by atoms with Crippen LogP contribution in [0.2, 0.25) is 0 Å². The number of carbonyl (C=O) groups excluding carboxylic acids is 2. The van der Waals surface area contributed by atoms with Crippen molar-refractivity contribution in [3.63, 3.8) is 0 Å². The van der Waals surface area contributed by atoms with E-state index in [0.29, 0.717) is 15.9 Å². The maximum atomic E-state index is 17.0. The molecule has 8 nitrogen and oxygen atoms in total. The molecular weight excluding hydrogens is 541 g/mol. The van der Waals surface area contributed by atoms with Gasteiger partial charge in [0.2, 0.25) is 5.60 Å². The van der Waals surface area contributed by atoms with Crippen molar-refractivity contribution in [2.75, 3.05) is 12.9 Å². The number of hydrogen-bond acceptors (Lipinski definition) is 10. The van der Waals surface area contributed by atoms with Crippen LogP contribution in [-0.2, 0) is 19.8 Å². The topological polar surface area (TPSA) is 111 Å². The van der Waals surface area contributed by atoms with Crippen LogP contribution < -0.4 is 0 Å². The van der Waals surface area contributed by atoms with Gasteiger partial charge in [-0.05, 0) is 37.4 Å². The number of benzene rings is 2. The van der Waals surface area contributed by atoms with Crippen LogP contribution in [0.5, 0.6) is 0 Å². The minimum atomic E-state index is -2.56. The van der Waals surface area contributed by atoms with Crippen molar-refractivity contribution < 1.29 is 28.2 Å². The maximum Gasteiger partial charge on any atom is 0.338 e. The Hall–Kier alpha value is -3.85. The van der Waals surface area contributed by atoms with Crippen molar-refractivity contribution >= 4 is 45.9 Å². The van der Waals surface area contributed by atoms with Crippen molar-refractivity contribution in [3.05, 3.63) is 88.4 Å². The highest BCUT2D eigenvalue weighted by Crippen LogP contribution is 2.54. The first-order valence-corrected chi connectivity index (χ1v) is 14.0. The van der Waals surface area contributed by atoms with Gasteiger partial charge in [0.05, 0.1) is 21.5 Å². The summed E-state index contributed by atoms with van der Waals surface area (Å²) in [5.74, 6) is -1.47. The molecule has 4 aromatic rings. The number of nitrogens with zero attached hydrogens (tertiary/aromatic N) is 3. The van der Waals surface area contributed by atoms with Crippen LogP contribution >= 0.6 is 23.1 Å². The predicted octanol–water partition coefficient (Wildman–Crippen LogP) is 5.34. The lowest BCUT2D eigenvalue weighted by Gasteiger charge is -2.31. The fraction of sp³-hybridized carbons (Fsp3) is 0.250. The Balaban J connectivity index is 1.54. The molecular formula is C28H22FN3O5S2. The Morgan fingerprint density at radius 1 is 1.10 bits per heavy atom. The quantitative estimate of drug-likeness (QED) is 0.167. The number of carbonyl (C=O) groups is 2. The zero-order valence-electron chi connectivity index (χ0n) is 20.9. The first-order valence-electron chi connectivity index (χ1n) is 11.8. The Bertz CT molecular complexity index is 1560. The molecule has 0 amide bonds. The summed E-state index contributed by atoms with van der Waals surface area (Å²) in [5, 5.41) is 13.5. The van der Waals surface area contributed by atoms with Crippen LogP contribution in [0.25, 0.3) is 10.9 Å². The van der Waals surface area contributed by atoms with E-state index in [9.17, 15) is 14.9 Å². The van der Waals surface area contributed by atoms with Gasteiger partial charge >= 0.3 is 11.9 Å². The van der Waals surface area contributed by atoms with Gasteiger partial charge in [-0.15, -0.1) is 23.1 Å². The molecule has 198 valence electrons. The summed E-state index contributed by atoms with van der Waals surface area (Å²) in [6.45, 7) is 0.693. The van der Waals surface area contributed by atoms with Gasteiger partial charge in [-0.1, -0.05) is 36.4 Å². The van der Waals surface area contributed by atoms with E-state index in [2.05, 4.69) is 9.97 Å². The van der Waals surface area contributed by atoms with Crippen molar-refractivity contribution in [3.8, 4) is 6.07 Å². The fourth-order valence-electron chi connectivity index (χ4n) is 4.55. The maximum absolute atomic E-state index is 17.0. The van der Waals surface area contributed by atoms with Crippen LogP contribution in [0.1, 0.15) is 32.5 Å². The molecule has 1 aliphatic heterocycles.